The maximum absolute atomic E-state index is 5.98. The molecule has 4 heteroatoms. The van der Waals surface area contributed by atoms with Crippen LogP contribution in [0.1, 0.15) is 12.8 Å². The van der Waals surface area contributed by atoms with Crippen LogP contribution in [0.4, 0.5) is 11.4 Å². The van der Waals surface area contributed by atoms with E-state index in [4.69, 9.17) is 10.5 Å². The Hall–Kier alpha value is -1.81. The summed E-state index contributed by atoms with van der Waals surface area (Å²) < 4.78 is 5.39. The first kappa shape index (κ1) is 12.2. The molecule has 0 atom stereocenters. The normalized spacial score (nSPS) is 16.6. The molecule has 100 valence electrons. The van der Waals surface area contributed by atoms with E-state index < -0.39 is 0 Å². The molecule has 0 aliphatic carbocycles. The summed E-state index contributed by atoms with van der Waals surface area (Å²) in [6.45, 7) is 2.77. The average Bonchev–Trinajstić information content (AvgIpc) is 2.48. The minimum absolute atomic E-state index is 0.697. The fraction of sp³-hybridized carbons (Fsp3) is 0.400. The second-order valence-electron chi connectivity index (χ2n) is 5.06. The number of nitrogens with zero attached hydrogens (tertiary/aromatic N) is 1. The quantitative estimate of drug-likeness (QED) is 0.830. The van der Waals surface area contributed by atoms with E-state index in [0.29, 0.717) is 5.92 Å². The van der Waals surface area contributed by atoms with E-state index >= 15 is 0 Å². The van der Waals surface area contributed by atoms with Crippen LogP contribution in [-0.4, -0.2) is 24.7 Å². The molecule has 1 aromatic heterocycles. The molecule has 1 fully saturated rings. The van der Waals surface area contributed by atoms with Gasteiger partial charge in [-0.05, 0) is 37.0 Å². The summed E-state index contributed by atoms with van der Waals surface area (Å²) in [6.07, 6.45) is 5.91. The number of nitrogens with two attached hydrogens (primary N) is 1. The van der Waals surface area contributed by atoms with Crippen LogP contribution in [-0.2, 0) is 4.74 Å². The summed E-state index contributed by atoms with van der Waals surface area (Å²) in [5, 5.41) is 5.70. The van der Waals surface area contributed by atoms with Gasteiger partial charge >= 0.3 is 0 Å². The van der Waals surface area contributed by atoms with Gasteiger partial charge in [-0.25, -0.2) is 0 Å². The maximum Gasteiger partial charge on any atom is 0.0469 e. The number of rotatable bonds is 3. The number of nitrogen functional groups attached to an aromatic ring is 1. The Morgan fingerprint density at radius 2 is 2.05 bits per heavy atom. The number of pyridine rings is 1. The number of anilines is 2. The van der Waals surface area contributed by atoms with Gasteiger partial charge in [-0.1, -0.05) is 0 Å². The molecule has 0 saturated carbocycles. The zero-order valence-electron chi connectivity index (χ0n) is 10.9. The molecular formula is C15H19N3O. The lowest BCUT2D eigenvalue weighted by atomic mass is 10.00. The van der Waals surface area contributed by atoms with Crippen molar-refractivity contribution in [3.63, 3.8) is 0 Å². The fourth-order valence-corrected chi connectivity index (χ4v) is 2.57. The van der Waals surface area contributed by atoms with Crippen molar-refractivity contribution in [2.45, 2.75) is 12.8 Å². The van der Waals surface area contributed by atoms with E-state index in [2.05, 4.69) is 16.4 Å². The van der Waals surface area contributed by atoms with Crippen LogP contribution in [0.25, 0.3) is 10.8 Å². The van der Waals surface area contributed by atoms with Crippen LogP contribution in [0.3, 0.4) is 0 Å². The topological polar surface area (TPSA) is 60.2 Å². The summed E-state index contributed by atoms with van der Waals surface area (Å²) in [4.78, 5) is 4.14. The van der Waals surface area contributed by atoms with Gasteiger partial charge in [-0.2, -0.15) is 0 Å². The molecule has 0 bridgehead atoms. The van der Waals surface area contributed by atoms with Gasteiger partial charge in [0, 0.05) is 54.3 Å². The van der Waals surface area contributed by atoms with E-state index in [1.807, 2.05) is 18.3 Å². The highest BCUT2D eigenvalue weighted by Crippen LogP contribution is 2.28. The van der Waals surface area contributed by atoms with E-state index in [9.17, 15) is 0 Å². The number of benzene rings is 1. The van der Waals surface area contributed by atoms with Gasteiger partial charge < -0.3 is 15.8 Å². The van der Waals surface area contributed by atoms with Gasteiger partial charge in [-0.15, -0.1) is 0 Å². The van der Waals surface area contributed by atoms with Crippen molar-refractivity contribution >= 4 is 22.1 Å². The lowest BCUT2D eigenvalue weighted by Crippen LogP contribution is -2.22. The minimum Gasteiger partial charge on any atom is -0.398 e. The van der Waals surface area contributed by atoms with Crippen molar-refractivity contribution in [2.75, 3.05) is 30.8 Å². The summed E-state index contributed by atoms with van der Waals surface area (Å²) in [7, 11) is 0. The van der Waals surface area contributed by atoms with Crippen molar-refractivity contribution in [3.8, 4) is 0 Å². The Kier molecular flexibility index (Phi) is 3.51. The average molecular weight is 257 g/mol. The molecule has 2 aromatic rings. The Balaban J connectivity index is 1.79. The predicted octanol–water partition coefficient (Wildman–Crippen LogP) is 2.66. The molecule has 0 unspecified atom stereocenters. The van der Waals surface area contributed by atoms with Gasteiger partial charge in [-0.3, -0.25) is 4.98 Å². The molecule has 4 nitrogen and oxygen atoms in total. The van der Waals surface area contributed by atoms with E-state index in [0.717, 1.165) is 54.7 Å². The Morgan fingerprint density at radius 1 is 1.21 bits per heavy atom. The zero-order chi connectivity index (χ0) is 13.1. The Labute approximate surface area is 113 Å². The van der Waals surface area contributed by atoms with E-state index in [1.54, 1.807) is 6.20 Å². The molecule has 1 aromatic carbocycles. The SMILES string of the molecule is Nc1ccc(NCC2CCOCC2)c2ccncc12. The van der Waals surface area contributed by atoms with Crippen molar-refractivity contribution < 1.29 is 4.74 Å². The van der Waals surface area contributed by atoms with Gasteiger partial charge in [0.25, 0.3) is 0 Å². The zero-order valence-corrected chi connectivity index (χ0v) is 10.9. The molecular weight excluding hydrogens is 238 g/mol. The van der Waals surface area contributed by atoms with Crippen LogP contribution < -0.4 is 11.1 Å². The van der Waals surface area contributed by atoms with Crippen LogP contribution in [0.5, 0.6) is 0 Å². The first-order valence-corrected chi connectivity index (χ1v) is 6.78. The summed E-state index contributed by atoms with van der Waals surface area (Å²) in [5.41, 5.74) is 7.89. The van der Waals surface area contributed by atoms with Crippen molar-refractivity contribution in [3.05, 3.63) is 30.6 Å². The van der Waals surface area contributed by atoms with Gasteiger partial charge in [0.15, 0.2) is 0 Å². The summed E-state index contributed by atoms with van der Waals surface area (Å²) in [6, 6.07) is 6.01. The van der Waals surface area contributed by atoms with Crippen molar-refractivity contribution in [2.24, 2.45) is 5.92 Å². The van der Waals surface area contributed by atoms with Crippen LogP contribution in [0.15, 0.2) is 30.6 Å². The molecule has 1 aliphatic rings. The molecule has 3 N–H and O–H groups in total. The molecule has 2 heterocycles. The smallest absolute Gasteiger partial charge is 0.0469 e. The van der Waals surface area contributed by atoms with Crippen LogP contribution >= 0.6 is 0 Å². The standard InChI is InChI=1S/C15H19N3O/c16-14-1-2-15(12-3-6-17-10-13(12)14)18-9-11-4-7-19-8-5-11/h1-3,6,10-11,18H,4-5,7-9,16H2. The highest BCUT2D eigenvalue weighted by Gasteiger charge is 2.14. The summed E-state index contributed by atoms with van der Waals surface area (Å²) >= 11 is 0. The third kappa shape index (κ3) is 2.63. The van der Waals surface area contributed by atoms with Gasteiger partial charge in [0.1, 0.15) is 0 Å². The molecule has 3 rings (SSSR count). The first-order chi connectivity index (χ1) is 9.34. The molecule has 0 radical (unpaired) electrons. The van der Waals surface area contributed by atoms with Crippen LogP contribution in [0, 0.1) is 5.92 Å². The number of nitrogens with one attached hydrogen (secondary N) is 1. The third-order valence-electron chi connectivity index (χ3n) is 3.77. The summed E-state index contributed by atoms with van der Waals surface area (Å²) in [5.74, 6) is 0.697. The maximum atomic E-state index is 5.98. The lowest BCUT2D eigenvalue weighted by Gasteiger charge is -2.23. The number of ether oxygens (including phenoxy) is 1. The molecule has 19 heavy (non-hydrogen) atoms. The molecule has 1 aliphatic heterocycles. The van der Waals surface area contributed by atoms with Crippen LogP contribution in [0.2, 0.25) is 0 Å². The Morgan fingerprint density at radius 3 is 2.89 bits per heavy atom. The van der Waals surface area contributed by atoms with Gasteiger partial charge in [0.05, 0.1) is 0 Å². The van der Waals surface area contributed by atoms with E-state index in [-0.39, 0.29) is 0 Å². The fourth-order valence-electron chi connectivity index (χ4n) is 2.57. The first-order valence-electron chi connectivity index (χ1n) is 6.78. The van der Waals surface area contributed by atoms with E-state index in [1.165, 1.54) is 0 Å². The second-order valence-corrected chi connectivity index (χ2v) is 5.06. The number of fused-ring (bicyclic) bond motifs is 1. The van der Waals surface area contributed by atoms with Gasteiger partial charge in [0.2, 0.25) is 0 Å². The van der Waals surface area contributed by atoms with Crippen molar-refractivity contribution in [1.82, 2.24) is 4.98 Å². The number of hydrogen-bond donors (Lipinski definition) is 2. The van der Waals surface area contributed by atoms with Crippen molar-refractivity contribution in [1.29, 1.82) is 0 Å². The number of hydrogen-bond acceptors (Lipinski definition) is 4. The largest absolute Gasteiger partial charge is 0.398 e. The molecule has 0 spiro atoms. The highest BCUT2D eigenvalue weighted by molar-refractivity contribution is 6.00. The molecule has 1 saturated heterocycles. The Bertz CT molecular complexity index is 564. The lowest BCUT2D eigenvalue weighted by molar-refractivity contribution is 0.0699. The second kappa shape index (κ2) is 5.45. The monoisotopic (exact) mass is 257 g/mol. The minimum atomic E-state index is 0.697. The number of aromatic nitrogens is 1. The third-order valence-corrected chi connectivity index (χ3v) is 3.77. The predicted molar refractivity (Wildman–Crippen MR) is 78.2 cm³/mol. The highest BCUT2D eigenvalue weighted by atomic mass is 16.5. The molecule has 0 amide bonds.